The van der Waals surface area contributed by atoms with Crippen LogP contribution in [-0.4, -0.2) is 42.5 Å². The lowest BCUT2D eigenvalue weighted by Gasteiger charge is -2.14. The van der Waals surface area contributed by atoms with E-state index in [1.54, 1.807) is 12.1 Å². The highest BCUT2D eigenvalue weighted by molar-refractivity contribution is 5.95. The zero-order valence-corrected chi connectivity index (χ0v) is 16.3. The van der Waals surface area contributed by atoms with Crippen molar-refractivity contribution in [3.63, 3.8) is 0 Å². The molecule has 0 fully saturated rings. The van der Waals surface area contributed by atoms with E-state index in [1.165, 1.54) is 32.6 Å². The number of nitrogens with zero attached hydrogens (tertiary/aromatic N) is 2. The Bertz CT molecular complexity index is 942. The number of benzene rings is 2. The third-order valence-electron chi connectivity index (χ3n) is 3.66. The van der Waals surface area contributed by atoms with Crippen LogP contribution < -0.4 is 19.6 Å². The van der Waals surface area contributed by atoms with Crippen LogP contribution in [0.1, 0.15) is 29.8 Å². The van der Waals surface area contributed by atoms with Crippen molar-refractivity contribution < 1.29 is 29.0 Å². The first-order chi connectivity index (χ1) is 13.8. The molecule has 0 saturated carbocycles. The topological polar surface area (TPSA) is 133 Å². The summed E-state index contributed by atoms with van der Waals surface area (Å²) in [5.41, 5.74) is 2.32. The molecule has 0 aliphatic heterocycles. The maximum Gasteiger partial charge on any atom is 0.315 e. The van der Waals surface area contributed by atoms with Crippen LogP contribution in [-0.2, 0) is 0 Å². The number of carbonyl (C=O) groups excluding carboxylic acids is 1. The molecule has 10 nitrogen and oxygen atoms in total. The van der Waals surface area contributed by atoms with Crippen LogP contribution in [0.2, 0.25) is 0 Å². The van der Waals surface area contributed by atoms with Crippen molar-refractivity contribution in [2.75, 3.05) is 14.2 Å². The number of aromatic hydroxyl groups is 1. The fourth-order valence-corrected chi connectivity index (χ4v) is 2.37. The molecule has 0 spiro atoms. The largest absolute Gasteiger partial charge is 0.500 e. The second-order valence-electron chi connectivity index (χ2n) is 6.08. The number of phenols is 1. The molecule has 0 aliphatic carbocycles. The summed E-state index contributed by atoms with van der Waals surface area (Å²) in [6.45, 7) is 3.74. The van der Waals surface area contributed by atoms with Gasteiger partial charge < -0.3 is 19.3 Å². The second-order valence-corrected chi connectivity index (χ2v) is 6.08. The van der Waals surface area contributed by atoms with Gasteiger partial charge in [-0.2, -0.15) is 5.10 Å². The summed E-state index contributed by atoms with van der Waals surface area (Å²) in [6.07, 6.45) is 1.14. The van der Waals surface area contributed by atoms with Crippen LogP contribution in [0.25, 0.3) is 0 Å². The molecule has 0 aliphatic rings. The first-order valence-electron chi connectivity index (χ1n) is 8.50. The lowest BCUT2D eigenvalue weighted by Crippen LogP contribution is -2.18. The zero-order chi connectivity index (χ0) is 21.6. The van der Waals surface area contributed by atoms with Crippen LogP contribution in [0.5, 0.6) is 23.0 Å². The van der Waals surface area contributed by atoms with E-state index >= 15 is 0 Å². The van der Waals surface area contributed by atoms with Crippen molar-refractivity contribution in [2.45, 2.75) is 20.0 Å². The summed E-state index contributed by atoms with van der Waals surface area (Å²) < 4.78 is 15.7. The van der Waals surface area contributed by atoms with Gasteiger partial charge in [0.2, 0.25) is 5.75 Å². The lowest BCUT2D eigenvalue weighted by molar-refractivity contribution is -0.386. The normalized spacial score (nSPS) is 10.8. The summed E-state index contributed by atoms with van der Waals surface area (Å²) in [4.78, 5) is 22.6. The number of hydrazone groups is 1. The van der Waals surface area contributed by atoms with Gasteiger partial charge in [-0.15, -0.1) is 0 Å². The van der Waals surface area contributed by atoms with Gasteiger partial charge >= 0.3 is 5.69 Å². The van der Waals surface area contributed by atoms with Crippen molar-refractivity contribution in [2.24, 2.45) is 5.10 Å². The van der Waals surface area contributed by atoms with Crippen molar-refractivity contribution in [3.05, 3.63) is 51.6 Å². The van der Waals surface area contributed by atoms with E-state index < -0.39 is 22.3 Å². The molecular formula is C19H21N3O7. The van der Waals surface area contributed by atoms with E-state index in [9.17, 15) is 20.0 Å². The van der Waals surface area contributed by atoms with Gasteiger partial charge in [0.25, 0.3) is 5.91 Å². The molecule has 2 rings (SSSR count). The number of hydrogen-bond acceptors (Lipinski definition) is 8. The van der Waals surface area contributed by atoms with Crippen LogP contribution in [0.4, 0.5) is 5.69 Å². The Kier molecular flexibility index (Phi) is 6.96. The molecule has 0 unspecified atom stereocenters. The third-order valence-corrected chi connectivity index (χ3v) is 3.66. The molecule has 1 amide bonds. The highest BCUT2D eigenvalue weighted by Gasteiger charge is 2.19. The molecule has 29 heavy (non-hydrogen) atoms. The van der Waals surface area contributed by atoms with E-state index in [4.69, 9.17) is 14.2 Å². The van der Waals surface area contributed by atoms with Gasteiger partial charge in [-0.25, -0.2) is 5.43 Å². The average molecular weight is 403 g/mol. The minimum atomic E-state index is -0.749. The third kappa shape index (κ3) is 5.34. The fraction of sp³-hybridized carbons (Fsp3) is 0.263. The first-order valence-corrected chi connectivity index (χ1v) is 8.50. The first kappa shape index (κ1) is 21.5. The molecule has 154 valence electrons. The summed E-state index contributed by atoms with van der Waals surface area (Å²) >= 11 is 0. The van der Waals surface area contributed by atoms with E-state index in [2.05, 4.69) is 10.5 Å². The number of nitrogens with one attached hydrogen (secondary N) is 1. The average Bonchev–Trinajstić information content (AvgIpc) is 2.68. The molecule has 0 heterocycles. The molecule has 0 atom stereocenters. The molecule has 0 aromatic heterocycles. The predicted molar refractivity (Wildman–Crippen MR) is 105 cm³/mol. The number of rotatable bonds is 8. The highest BCUT2D eigenvalue weighted by atomic mass is 16.6. The molecule has 0 saturated heterocycles. The molecule has 2 aromatic carbocycles. The van der Waals surface area contributed by atoms with Gasteiger partial charge in [-0.3, -0.25) is 14.9 Å². The van der Waals surface area contributed by atoms with Crippen molar-refractivity contribution >= 4 is 17.8 Å². The number of carbonyl (C=O) groups is 1. The number of ether oxygens (including phenoxy) is 3. The number of amides is 1. The molecular weight excluding hydrogens is 382 g/mol. The molecule has 10 heteroatoms. The van der Waals surface area contributed by atoms with E-state index in [-0.39, 0.29) is 23.0 Å². The quantitative estimate of drug-likeness (QED) is 0.393. The Hall–Kier alpha value is -3.82. The van der Waals surface area contributed by atoms with Gasteiger partial charge in [-0.1, -0.05) is 0 Å². The number of nitro groups is 1. The Morgan fingerprint density at radius 2 is 1.86 bits per heavy atom. The minimum Gasteiger partial charge on any atom is -0.500 e. The van der Waals surface area contributed by atoms with Crippen LogP contribution in [0.15, 0.2) is 35.4 Å². The Morgan fingerprint density at radius 3 is 2.45 bits per heavy atom. The fourth-order valence-electron chi connectivity index (χ4n) is 2.37. The summed E-state index contributed by atoms with van der Waals surface area (Å²) in [7, 11) is 2.73. The maximum atomic E-state index is 12.3. The smallest absolute Gasteiger partial charge is 0.315 e. The van der Waals surface area contributed by atoms with Gasteiger partial charge in [0.15, 0.2) is 17.2 Å². The number of nitro benzene ring substituents is 1. The van der Waals surface area contributed by atoms with E-state index in [0.717, 1.165) is 6.07 Å². The molecule has 2 aromatic rings. The lowest BCUT2D eigenvalue weighted by atomic mass is 10.2. The number of methoxy groups -OCH3 is 2. The van der Waals surface area contributed by atoms with Crippen LogP contribution in [0.3, 0.4) is 0 Å². The number of phenolic OH excluding ortho intramolecular Hbond substituents is 1. The van der Waals surface area contributed by atoms with Gasteiger partial charge in [-0.05, 0) is 38.1 Å². The summed E-state index contributed by atoms with van der Waals surface area (Å²) in [5, 5.41) is 24.6. The molecule has 0 radical (unpaired) electrons. The van der Waals surface area contributed by atoms with Gasteiger partial charge in [0.05, 0.1) is 31.5 Å². The second kappa shape index (κ2) is 9.40. The van der Waals surface area contributed by atoms with Crippen molar-refractivity contribution in [1.82, 2.24) is 5.43 Å². The van der Waals surface area contributed by atoms with Crippen LogP contribution >= 0.6 is 0 Å². The minimum absolute atomic E-state index is 0.0560. The number of hydrogen-bond donors (Lipinski definition) is 2. The van der Waals surface area contributed by atoms with E-state index in [1.807, 2.05) is 13.8 Å². The predicted octanol–water partition coefficient (Wildman–Crippen LogP) is 2.87. The Labute approximate surface area is 166 Å². The van der Waals surface area contributed by atoms with Gasteiger partial charge in [0, 0.05) is 17.2 Å². The van der Waals surface area contributed by atoms with Gasteiger partial charge in [0.1, 0.15) is 0 Å². The Balaban J connectivity index is 2.17. The monoisotopic (exact) mass is 403 g/mol. The van der Waals surface area contributed by atoms with Crippen molar-refractivity contribution in [1.29, 1.82) is 0 Å². The van der Waals surface area contributed by atoms with Crippen molar-refractivity contribution in [3.8, 4) is 23.0 Å². The summed E-state index contributed by atoms with van der Waals surface area (Å²) in [6, 6.07) is 7.13. The van der Waals surface area contributed by atoms with Crippen LogP contribution in [0, 0.1) is 10.1 Å². The molecule has 0 bridgehead atoms. The highest BCUT2D eigenvalue weighted by Crippen LogP contribution is 2.36. The van der Waals surface area contributed by atoms with E-state index in [0.29, 0.717) is 11.5 Å². The SMILES string of the molecule is COc1cc(C(=O)N/N=C\c2cc(OC)c(O)c([N+](=O)[O-])c2)ccc1OC(C)C. The standard InChI is InChI=1S/C19H21N3O7/c1-11(2)29-15-6-5-13(9-16(15)27-3)19(24)21-20-10-12-7-14(22(25)26)18(23)17(8-12)28-4/h5-11,23H,1-4H3,(H,21,24)/b20-10-. The Morgan fingerprint density at radius 1 is 1.17 bits per heavy atom. The summed E-state index contributed by atoms with van der Waals surface area (Å²) in [5.74, 6) is -0.289. The zero-order valence-electron chi connectivity index (χ0n) is 16.3. The molecule has 2 N–H and O–H groups in total. The maximum absolute atomic E-state index is 12.3.